The van der Waals surface area contributed by atoms with Crippen LogP contribution in [0.5, 0.6) is 0 Å². The highest BCUT2D eigenvalue weighted by molar-refractivity contribution is 4.45. The first-order chi connectivity index (χ1) is 4.66. The fourth-order valence-electron chi connectivity index (χ4n) is 0.439. The molecule has 10 heavy (non-hydrogen) atoms. The largest absolute Gasteiger partial charge is 0.392 e. The van der Waals surface area contributed by atoms with Gasteiger partial charge in [-0.2, -0.15) is 0 Å². The van der Waals surface area contributed by atoms with Crippen molar-refractivity contribution < 1.29 is 9.84 Å². The van der Waals surface area contributed by atoms with E-state index in [1.807, 2.05) is 19.0 Å². The summed E-state index contributed by atoms with van der Waals surface area (Å²) in [5, 5.41) is 8.44. The van der Waals surface area contributed by atoms with E-state index < -0.39 is 6.23 Å². The molecule has 1 unspecified atom stereocenters. The predicted octanol–water partition coefficient (Wildman–Crippen LogP) is -1.16. The van der Waals surface area contributed by atoms with E-state index in [1.165, 1.54) is 0 Å². The Kier molecular flexibility index (Phi) is 5.52. The predicted molar refractivity (Wildman–Crippen MR) is 39.6 cm³/mol. The van der Waals surface area contributed by atoms with E-state index in [-0.39, 0.29) is 6.61 Å². The van der Waals surface area contributed by atoms with Crippen molar-refractivity contribution in [3.8, 4) is 0 Å². The Balaban J connectivity index is 3.03. The van der Waals surface area contributed by atoms with Crippen molar-refractivity contribution in [2.75, 3.05) is 33.9 Å². The smallest absolute Gasteiger partial charge is 0.129 e. The molecule has 0 aromatic heterocycles. The van der Waals surface area contributed by atoms with Crippen LogP contribution in [0.2, 0.25) is 0 Å². The van der Waals surface area contributed by atoms with Crippen molar-refractivity contribution >= 4 is 0 Å². The lowest BCUT2D eigenvalue weighted by molar-refractivity contribution is 0.0114. The Hall–Kier alpha value is -0.160. The van der Waals surface area contributed by atoms with Crippen LogP contribution in [0, 0.1) is 0 Å². The summed E-state index contributed by atoms with van der Waals surface area (Å²) >= 11 is 0. The molecule has 4 nitrogen and oxygen atoms in total. The lowest BCUT2D eigenvalue weighted by atomic mass is 10.6. The third-order valence-electron chi connectivity index (χ3n) is 1.05. The summed E-state index contributed by atoms with van der Waals surface area (Å²) in [7, 11) is 3.90. The van der Waals surface area contributed by atoms with Gasteiger partial charge in [-0.3, -0.25) is 0 Å². The van der Waals surface area contributed by atoms with Gasteiger partial charge in [-0.15, -0.1) is 0 Å². The average molecular weight is 148 g/mol. The Bertz CT molecular complexity index is 78.1. The molecule has 0 aliphatic carbocycles. The van der Waals surface area contributed by atoms with Crippen LogP contribution in [0.15, 0.2) is 0 Å². The van der Waals surface area contributed by atoms with Gasteiger partial charge < -0.3 is 20.5 Å². The van der Waals surface area contributed by atoms with E-state index in [9.17, 15) is 0 Å². The van der Waals surface area contributed by atoms with Gasteiger partial charge in [0.05, 0.1) is 13.2 Å². The summed E-state index contributed by atoms with van der Waals surface area (Å²) in [6.45, 7) is 1.27. The van der Waals surface area contributed by atoms with E-state index in [1.54, 1.807) is 0 Å². The molecule has 0 rings (SSSR count). The molecule has 0 aliphatic heterocycles. The van der Waals surface area contributed by atoms with Crippen LogP contribution >= 0.6 is 0 Å². The molecule has 1 atom stereocenters. The molecular formula is C6H16N2O2. The Labute approximate surface area is 61.6 Å². The molecule has 0 saturated heterocycles. The molecule has 0 aromatic rings. The molecule has 0 fully saturated rings. The SMILES string of the molecule is CN(C)CCOC(N)CO. The zero-order valence-corrected chi connectivity index (χ0v) is 6.58. The number of hydrogen-bond donors (Lipinski definition) is 2. The number of likely N-dealkylation sites (N-methyl/N-ethyl adjacent to an activating group) is 1. The second-order valence-electron chi connectivity index (χ2n) is 2.40. The van der Waals surface area contributed by atoms with Crippen molar-refractivity contribution in [1.82, 2.24) is 4.90 Å². The Morgan fingerprint density at radius 2 is 2.20 bits per heavy atom. The number of ether oxygens (including phenoxy) is 1. The van der Waals surface area contributed by atoms with Crippen molar-refractivity contribution in [2.24, 2.45) is 5.73 Å². The zero-order valence-electron chi connectivity index (χ0n) is 6.58. The van der Waals surface area contributed by atoms with Gasteiger partial charge in [0.15, 0.2) is 0 Å². The maximum absolute atomic E-state index is 8.44. The van der Waals surface area contributed by atoms with Crippen molar-refractivity contribution in [3.63, 3.8) is 0 Å². The van der Waals surface area contributed by atoms with Crippen LogP contribution in [0.25, 0.3) is 0 Å². The molecule has 0 heterocycles. The molecule has 0 radical (unpaired) electrons. The summed E-state index contributed by atoms with van der Waals surface area (Å²) in [6, 6.07) is 0. The molecule has 4 heteroatoms. The van der Waals surface area contributed by atoms with Gasteiger partial charge in [-0.25, -0.2) is 0 Å². The number of aliphatic hydroxyl groups is 1. The van der Waals surface area contributed by atoms with Gasteiger partial charge in [0, 0.05) is 6.54 Å². The van der Waals surface area contributed by atoms with E-state index in [0.717, 1.165) is 6.54 Å². The summed E-state index contributed by atoms with van der Waals surface area (Å²) in [6.07, 6.45) is -0.528. The fourth-order valence-corrected chi connectivity index (χ4v) is 0.439. The fraction of sp³-hybridized carbons (Fsp3) is 1.00. The molecule has 3 N–H and O–H groups in total. The standard InChI is InChI=1S/C6H16N2O2/c1-8(2)3-4-10-6(7)5-9/h6,9H,3-5,7H2,1-2H3. The molecule has 0 spiro atoms. The van der Waals surface area contributed by atoms with Gasteiger partial charge in [0.1, 0.15) is 6.23 Å². The first-order valence-electron chi connectivity index (χ1n) is 3.29. The van der Waals surface area contributed by atoms with Crippen molar-refractivity contribution in [3.05, 3.63) is 0 Å². The van der Waals surface area contributed by atoms with Gasteiger partial charge in [0.2, 0.25) is 0 Å². The van der Waals surface area contributed by atoms with Crippen LogP contribution in [-0.4, -0.2) is 50.1 Å². The second-order valence-corrected chi connectivity index (χ2v) is 2.40. The molecule has 0 bridgehead atoms. The molecule has 0 aliphatic rings. The van der Waals surface area contributed by atoms with Crippen LogP contribution in [0.4, 0.5) is 0 Å². The van der Waals surface area contributed by atoms with Gasteiger partial charge in [-0.1, -0.05) is 0 Å². The van der Waals surface area contributed by atoms with Gasteiger partial charge >= 0.3 is 0 Å². The monoisotopic (exact) mass is 148 g/mol. The van der Waals surface area contributed by atoms with Crippen molar-refractivity contribution in [2.45, 2.75) is 6.23 Å². The summed E-state index contributed by atoms with van der Waals surface area (Å²) in [4.78, 5) is 1.99. The van der Waals surface area contributed by atoms with Crippen LogP contribution in [0.3, 0.4) is 0 Å². The first kappa shape index (κ1) is 9.84. The highest BCUT2D eigenvalue weighted by atomic mass is 16.5. The van der Waals surface area contributed by atoms with Gasteiger partial charge in [0.25, 0.3) is 0 Å². The number of nitrogens with zero attached hydrogens (tertiary/aromatic N) is 1. The molecule has 0 amide bonds. The number of nitrogens with two attached hydrogens (primary N) is 1. The summed E-state index contributed by atoms with van der Waals surface area (Å²) in [5.74, 6) is 0. The number of hydrogen-bond acceptors (Lipinski definition) is 4. The van der Waals surface area contributed by atoms with Crippen molar-refractivity contribution in [1.29, 1.82) is 0 Å². The lowest BCUT2D eigenvalue weighted by Gasteiger charge is -2.12. The summed E-state index contributed by atoms with van der Waals surface area (Å²) in [5.41, 5.74) is 5.27. The minimum absolute atomic E-state index is 0.118. The first-order valence-corrected chi connectivity index (χ1v) is 3.29. The molecule has 0 aromatic carbocycles. The van der Waals surface area contributed by atoms with E-state index in [2.05, 4.69) is 0 Å². The second kappa shape index (κ2) is 5.61. The Morgan fingerprint density at radius 3 is 2.60 bits per heavy atom. The topological polar surface area (TPSA) is 58.7 Å². The van der Waals surface area contributed by atoms with E-state index in [4.69, 9.17) is 15.6 Å². The zero-order chi connectivity index (χ0) is 7.98. The third kappa shape index (κ3) is 5.97. The third-order valence-corrected chi connectivity index (χ3v) is 1.05. The molecular weight excluding hydrogens is 132 g/mol. The Morgan fingerprint density at radius 1 is 1.60 bits per heavy atom. The maximum atomic E-state index is 8.44. The van der Waals surface area contributed by atoms with E-state index in [0.29, 0.717) is 6.61 Å². The molecule has 62 valence electrons. The van der Waals surface area contributed by atoms with Crippen LogP contribution < -0.4 is 5.73 Å². The van der Waals surface area contributed by atoms with E-state index >= 15 is 0 Å². The van der Waals surface area contributed by atoms with Crippen LogP contribution in [-0.2, 0) is 4.74 Å². The minimum Gasteiger partial charge on any atom is -0.392 e. The maximum Gasteiger partial charge on any atom is 0.129 e. The average Bonchev–Trinajstić information content (AvgIpc) is 1.87. The van der Waals surface area contributed by atoms with Gasteiger partial charge in [-0.05, 0) is 14.1 Å². The highest BCUT2D eigenvalue weighted by Gasteiger charge is 1.98. The number of aliphatic hydroxyl groups excluding tert-OH is 1. The lowest BCUT2D eigenvalue weighted by Crippen LogP contribution is -2.31. The normalized spacial score (nSPS) is 14.1. The molecule has 0 saturated carbocycles. The number of rotatable bonds is 5. The highest BCUT2D eigenvalue weighted by Crippen LogP contribution is 1.81. The quantitative estimate of drug-likeness (QED) is 0.483. The summed E-state index contributed by atoms with van der Waals surface area (Å²) < 4.78 is 4.99. The minimum atomic E-state index is -0.528. The van der Waals surface area contributed by atoms with Crippen LogP contribution in [0.1, 0.15) is 0 Å².